The van der Waals surface area contributed by atoms with Gasteiger partial charge in [0.25, 0.3) is 0 Å². The predicted molar refractivity (Wildman–Crippen MR) is 53.7 cm³/mol. The normalized spacial score (nSPS) is 12.9. The number of imidazole rings is 1. The molecule has 82 valence electrons. The van der Waals surface area contributed by atoms with Crippen LogP contribution in [0.2, 0.25) is 0 Å². The highest BCUT2D eigenvalue weighted by molar-refractivity contribution is 5.91. The van der Waals surface area contributed by atoms with Crippen molar-refractivity contribution in [3.05, 3.63) is 24.3 Å². The van der Waals surface area contributed by atoms with E-state index in [1.807, 2.05) is 0 Å². The fourth-order valence-electron chi connectivity index (χ4n) is 0.865. The van der Waals surface area contributed by atoms with Gasteiger partial charge in [-0.15, -0.1) is 0 Å². The van der Waals surface area contributed by atoms with Gasteiger partial charge in [-0.3, -0.25) is 4.79 Å². The van der Waals surface area contributed by atoms with E-state index in [1.165, 1.54) is 12.4 Å². The van der Waals surface area contributed by atoms with E-state index < -0.39 is 6.10 Å². The molecule has 0 saturated carbocycles. The molecule has 1 rings (SSSR count). The Labute approximate surface area is 86.7 Å². The molecule has 0 aliphatic heterocycles. The highest BCUT2D eigenvalue weighted by Gasteiger charge is 2.02. The number of amides is 1. The van der Waals surface area contributed by atoms with Crippen LogP contribution in [0.15, 0.2) is 18.6 Å². The second kappa shape index (κ2) is 5.94. The topological polar surface area (TPSA) is 98.2 Å². The van der Waals surface area contributed by atoms with Crippen molar-refractivity contribution in [2.45, 2.75) is 6.10 Å². The van der Waals surface area contributed by atoms with Crippen LogP contribution in [0, 0.1) is 0 Å². The van der Waals surface area contributed by atoms with Gasteiger partial charge in [-0.1, -0.05) is 0 Å². The molecule has 1 unspecified atom stereocenters. The van der Waals surface area contributed by atoms with Gasteiger partial charge in [0.1, 0.15) is 0 Å². The lowest BCUT2D eigenvalue weighted by molar-refractivity contribution is -0.117. The summed E-state index contributed by atoms with van der Waals surface area (Å²) in [6, 6.07) is 0. The van der Waals surface area contributed by atoms with Gasteiger partial charge >= 0.3 is 0 Å². The highest BCUT2D eigenvalue weighted by Crippen LogP contribution is 1.93. The van der Waals surface area contributed by atoms with Gasteiger partial charge < -0.3 is 20.5 Å². The first-order valence-electron chi connectivity index (χ1n) is 4.45. The van der Waals surface area contributed by atoms with Gasteiger partial charge in [0, 0.05) is 12.6 Å². The summed E-state index contributed by atoms with van der Waals surface area (Å²) in [6.45, 7) is -0.340. The molecule has 15 heavy (non-hydrogen) atoms. The first kappa shape index (κ1) is 11.4. The van der Waals surface area contributed by atoms with Crippen molar-refractivity contribution < 1.29 is 15.0 Å². The zero-order valence-corrected chi connectivity index (χ0v) is 8.05. The van der Waals surface area contributed by atoms with E-state index in [-0.39, 0.29) is 19.1 Å². The molecule has 6 nitrogen and oxygen atoms in total. The first-order valence-corrected chi connectivity index (χ1v) is 4.45. The molecule has 1 atom stereocenters. The van der Waals surface area contributed by atoms with E-state index in [4.69, 9.17) is 10.2 Å². The van der Waals surface area contributed by atoms with E-state index >= 15 is 0 Å². The van der Waals surface area contributed by atoms with E-state index in [2.05, 4.69) is 15.3 Å². The Hall–Kier alpha value is -1.66. The van der Waals surface area contributed by atoms with E-state index in [1.54, 1.807) is 12.3 Å². The quantitative estimate of drug-likeness (QED) is 0.464. The predicted octanol–water partition coefficient (Wildman–Crippen LogP) is -1.11. The lowest BCUT2D eigenvalue weighted by Gasteiger charge is -2.06. The second-order valence-corrected chi connectivity index (χ2v) is 2.92. The summed E-state index contributed by atoms with van der Waals surface area (Å²) in [5, 5.41) is 19.9. The summed E-state index contributed by atoms with van der Waals surface area (Å²) >= 11 is 0. The summed E-state index contributed by atoms with van der Waals surface area (Å²) in [7, 11) is 0. The van der Waals surface area contributed by atoms with Crippen LogP contribution in [0.4, 0.5) is 0 Å². The van der Waals surface area contributed by atoms with Crippen LogP contribution in [0.1, 0.15) is 5.69 Å². The number of nitrogens with zero attached hydrogens (tertiary/aromatic N) is 1. The molecule has 0 aliphatic carbocycles. The minimum Gasteiger partial charge on any atom is -0.394 e. The zero-order valence-electron chi connectivity index (χ0n) is 8.05. The number of rotatable bonds is 5. The highest BCUT2D eigenvalue weighted by atomic mass is 16.3. The molecule has 0 radical (unpaired) electrons. The monoisotopic (exact) mass is 211 g/mol. The van der Waals surface area contributed by atoms with Crippen molar-refractivity contribution in [3.8, 4) is 0 Å². The molecule has 0 aliphatic rings. The number of aliphatic hydroxyl groups excluding tert-OH is 2. The third-order valence-corrected chi connectivity index (χ3v) is 1.66. The molecule has 4 N–H and O–H groups in total. The van der Waals surface area contributed by atoms with Crippen LogP contribution in [0.25, 0.3) is 6.08 Å². The van der Waals surface area contributed by atoms with Crippen molar-refractivity contribution >= 4 is 12.0 Å². The van der Waals surface area contributed by atoms with Crippen LogP contribution in [-0.4, -0.2) is 45.3 Å². The van der Waals surface area contributed by atoms with E-state index in [0.717, 1.165) is 0 Å². The molecule has 6 heteroatoms. The van der Waals surface area contributed by atoms with Gasteiger partial charge in [0.05, 0.1) is 30.9 Å². The van der Waals surface area contributed by atoms with Crippen LogP contribution in [0.5, 0.6) is 0 Å². The first-order chi connectivity index (χ1) is 7.22. The molecule has 1 aromatic rings. The Bertz CT molecular complexity index is 321. The summed E-state index contributed by atoms with van der Waals surface area (Å²) in [6.07, 6.45) is 5.04. The van der Waals surface area contributed by atoms with Gasteiger partial charge in [-0.05, 0) is 6.08 Å². The lowest BCUT2D eigenvalue weighted by atomic mass is 10.3. The van der Waals surface area contributed by atoms with Crippen LogP contribution >= 0.6 is 0 Å². The van der Waals surface area contributed by atoms with Gasteiger partial charge in [0.2, 0.25) is 5.91 Å². The number of hydrogen-bond acceptors (Lipinski definition) is 4. The van der Waals surface area contributed by atoms with Gasteiger partial charge in [-0.2, -0.15) is 0 Å². The molecule has 1 aromatic heterocycles. The Morgan fingerprint density at radius 3 is 3.13 bits per heavy atom. The summed E-state index contributed by atoms with van der Waals surface area (Å²) in [5.41, 5.74) is 0.716. The summed E-state index contributed by atoms with van der Waals surface area (Å²) in [4.78, 5) is 17.7. The molecule has 0 fully saturated rings. The average Bonchev–Trinajstić information content (AvgIpc) is 2.75. The van der Waals surface area contributed by atoms with Crippen molar-refractivity contribution in [2.75, 3.05) is 13.2 Å². The van der Waals surface area contributed by atoms with Crippen LogP contribution in [-0.2, 0) is 4.79 Å². The molecule has 1 amide bonds. The second-order valence-electron chi connectivity index (χ2n) is 2.92. The molecule has 0 saturated heterocycles. The van der Waals surface area contributed by atoms with Crippen molar-refractivity contribution in [1.29, 1.82) is 0 Å². The summed E-state index contributed by atoms with van der Waals surface area (Å²) in [5.74, 6) is -0.336. The standard InChI is InChI=1S/C9H13N3O3/c13-5-8(14)4-11-9(15)2-1-7-3-10-6-12-7/h1-3,6,8,13-14H,4-5H2,(H,10,12)(H,11,15)/b2-1+. The Balaban J connectivity index is 2.30. The number of aromatic amines is 1. The maximum Gasteiger partial charge on any atom is 0.244 e. The molecule has 1 heterocycles. The van der Waals surface area contributed by atoms with Crippen molar-refractivity contribution in [1.82, 2.24) is 15.3 Å². The SMILES string of the molecule is O=C(/C=C/c1cnc[nH]1)NCC(O)CO. The molecule has 0 spiro atoms. The third-order valence-electron chi connectivity index (χ3n) is 1.66. The fraction of sp³-hybridized carbons (Fsp3) is 0.333. The maximum atomic E-state index is 11.1. The summed E-state index contributed by atoms with van der Waals surface area (Å²) < 4.78 is 0. The molecule has 0 aromatic carbocycles. The average molecular weight is 211 g/mol. The fourth-order valence-corrected chi connectivity index (χ4v) is 0.865. The van der Waals surface area contributed by atoms with Crippen LogP contribution < -0.4 is 5.32 Å². The number of carbonyl (C=O) groups is 1. The third kappa shape index (κ3) is 4.39. The molecular weight excluding hydrogens is 198 g/mol. The largest absolute Gasteiger partial charge is 0.394 e. The van der Waals surface area contributed by atoms with E-state index in [9.17, 15) is 4.79 Å². The number of nitrogens with one attached hydrogen (secondary N) is 2. The van der Waals surface area contributed by atoms with E-state index in [0.29, 0.717) is 5.69 Å². The number of aromatic nitrogens is 2. The lowest BCUT2D eigenvalue weighted by Crippen LogP contribution is -2.32. The minimum atomic E-state index is -0.922. The van der Waals surface area contributed by atoms with Gasteiger partial charge in [0.15, 0.2) is 0 Å². The zero-order chi connectivity index (χ0) is 11.1. The van der Waals surface area contributed by atoms with Gasteiger partial charge in [-0.25, -0.2) is 4.98 Å². The Kier molecular flexibility index (Phi) is 4.52. The van der Waals surface area contributed by atoms with Crippen molar-refractivity contribution in [3.63, 3.8) is 0 Å². The van der Waals surface area contributed by atoms with Crippen molar-refractivity contribution in [2.24, 2.45) is 0 Å². The Morgan fingerprint density at radius 2 is 2.53 bits per heavy atom. The maximum absolute atomic E-state index is 11.1. The van der Waals surface area contributed by atoms with Crippen LogP contribution in [0.3, 0.4) is 0 Å². The smallest absolute Gasteiger partial charge is 0.244 e. The Morgan fingerprint density at radius 1 is 1.73 bits per heavy atom. The number of carbonyl (C=O) groups excluding carboxylic acids is 1. The molecular formula is C9H13N3O3. The number of hydrogen-bond donors (Lipinski definition) is 4. The number of H-pyrrole nitrogens is 1. The molecule has 0 bridgehead atoms. The number of aliphatic hydroxyl groups is 2. The minimum absolute atomic E-state index is 0.0304.